The molecule has 0 aromatic rings. The Morgan fingerprint density at radius 2 is 1.10 bits per heavy atom. The quantitative estimate of drug-likeness (QED) is 0.382. The molecular weight excluding hydrogens is 230 g/mol. The van der Waals surface area contributed by atoms with E-state index in [1.54, 1.807) is 0 Å². The summed E-state index contributed by atoms with van der Waals surface area (Å²) in [6.07, 6.45) is 3.93. The molecule has 0 aromatic carbocycles. The Bertz CT molecular complexity index is 32.4. The van der Waals surface area contributed by atoms with Crippen LogP contribution in [0.5, 0.6) is 0 Å². The van der Waals surface area contributed by atoms with Crippen LogP contribution in [0.15, 0.2) is 0 Å². The summed E-state index contributed by atoms with van der Waals surface area (Å²) in [7, 11) is 0. The molecule has 0 aromatic heterocycles. The summed E-state index contributed by atoms with van der Waals surface area (Å²) in [6, 6.07) is 0. The summed E-state index contributed by atoms with van der Waals surface area (Å²) in [4.78, 5) is 0. The van der Waals surface area contributed by atoms with Crippen LogP contribution < -0.4 is 37.2 Å². The zero-order valence-electron chi connectivity index (χ0n) is 5.58. The van der Waals surface area contributed by atoms with Gasteiger partial charge in [0.05, 0.1) is 0 Å². The Kier molecular flexibility index (Phi) is 38.1. The van der Waals surface area contributed by atoms with E-state index in [1.165, 1.54) is 19.3 Å². The minimum absolute atomic E-state index is 0. The number of hydrogen-bond donors (Lipinski definition) is 0. The van der Waals surface area contributed by atoms with Crippen molar-refractivity contribution in [3.8, 4) is 0 Å². The van der Waals surface area contributed by atoms with Crippen LogP contribution >= 0.6 is 0 Å². The van der Waals surface area contributed by atoms with Crippen molar-refractivity contribution >= 4 is 0 Å². The first-order valence-corrected chi connectivity index (χ1v) is 2.58. The molecule has 0 atom stereocenters. The second-order valence-electron chi connectivity index (χ2n) is 1.67. The van der Waals surface area contributed by atoms with Crippen LogP contribution in [0.1, 0.15) is 19.3 Å². The minimum Gasteiger partial charge on any atom is -1.00 e. The van der Waals surface area contributed by atoms with Gasteiger partial charge >= 0.3 is 21.7 Å². The number of hydrogen-bond acceptors (Lipinski definition) is 1. The molecule has 1 fully saturated rings. The van der Waals surface area contributed by atoms with E-state index in [9.17, 15) is 0 Å². The van der Waals surface area contributed by atoms with Crippen LogP contribution in [0.4, 0.5) is 0 Å². The fraction of sp³-hybridized carbons (Fsp3) is 1.00. The number of ether oxygens (including phenoxy) is 1. The van der Waals surface area contributed by atoms with Crippen molar-refractivity contribution in [2.45, 2.75) is 19.3 Å². The molecule has 10 heavy (non-hydrogen) atoms. The van der Waals surface area contributed by atoms with Crippen LogP contribution in [0.2, 0.25) is 0 Å². The second kappa shape index (κ2) is 16.9. The van der Waals surface area contributed by atoms with Gasteiger partial charge in [-0.25, -0.2) is 0 Å². The number of halogens is 3. The first-order chi connectivity index (χ1) is 3.00. The predicted octanol–water partition coefficient (Wildman–Crippen LogP) is -7.80. The van der Waals surface area contributed by atoms with Crippen LogP contribution in [0.3, 0.4) is 0 Å². The third-order valence-corrected chi connectivity index (χ3v) is 1.08. The van der Waals surface area contributed by atoms with Crippen molar-refractivity contribution in [3.63, 3.8) is 0 Å². The summed E-state index contributed by atoms with van der Waals surface area (Å²) in [5, 5.41) is 0. The monoisotopic (exact) mass is 239 g/mol. The summed E-state index contributed by atoms with van der Waals surface area (Å²) >= 11 is 0. The average molecular weight is 240 g/mol. The molecule has 1 radical (unpaired) electrons. The fourth-order valence-electron chi connectivity index (χ4n) is 0.687. The van der Waals surface area contributed by atoms with Crippen molar-refractivity contribution in [1.82, 2.24) is 0 Å². The molecule has 0 N–H and O–H groups in total. The van der Waals surface area contributed by atoms with Crippen LogP contribution in [0.25, 0.3) is 0 Å². The van der Waals surface area contributed by atoms with Gasteiger partial charge in [-0.15, -0.1) is 0 Å². The second-order valence-corrected chi connectivity index (χ2v) is 1.67. The summed E-state index contributed by atoms with van der Waals surface area (Å²) < 4.78 is 5.07. The van der Waals surface area contributed by atoms with Gasteiger partial charge in [0.15, 0.2) is 0 Å². The van der Waals surface area contributed by atoms with Gasteiger partial charge in [0, 0.05) is 13.2 Å². The van der Waals surface area contributed by atoms with Crippen LogP contribution in [-0.2, 0) is 26.5 Å². The molecule has 1 aliphatic rings. The molecule has 0 amide bonds. The predicted molar refractivity (Wildman–Crippen MR) is 24.7 cm³/mol. The van der Waals surface area contributed by atoms with Gasteiger partial charge in [-0.05, 0) is 19.3 Å². The van der Waals surface area contributed by atoms with Gasteiger partial charge in [-0.3, -0.25) is 0 Å². The van der Waals surface area contributed by atoms with Crippen molar-refractivity contribution in [3.05, 3.63) is 0 Å². The molecule has 0 aliphatic carbocycles. The molecule has 1 aliphatic heterocycles. The zero-order chi connectivity index (χ0) is 4.24. The van der Waals surface area contributed by atoms with E-state index in [0.29, 0.717) is 0 Å². The van der Waals surface area contributed by atoms with Crippen molar-refractivity contribution in [2.24, 2.45) is 0 Å². The van der Waals surface area contributed by atoms with E-state index in [2.05, 4.69) is 0 Å². The minimum atomic E-state index is 0. The third-order valence-electron chi connectivity index (χ3n) is 1.08. The summed E-state index contributed by atoms with van der Waals surface area (Å²) in [6.45, 7) is 2.00. The van der Waals surface area contributed by atoms with E-state index < -0.39 is 0 Å². The Balaban J connectivity index is -0.0000000450. The molecule has 1 rings (SSSR count). The van der Waals surface area contributed by atoms with Crippen LogP contribution in [-0.4, -0.2) is 13.2 Å². The van der Waals surface area contributed by atoms with Crippen molar-refractivity contribution in [1.29, 1.82) is 0 Å². The Labute approximate surface area is 95.8 Å². The maximum atomic E-state index is 5.07. The van der Waals surface area contributed by atoms with E-state index >= 15 is 0 Å². The maximum Gasteiger partial charge on any atom is 3.00 e. The smallest absolute Gasteiger partial charge is 1.00 e. The molecular formula is C5H10Cl3OTi. The molecule has 5 heteroatoms. The van der Waals surface area contributed by atoms with Gasteiger partial charge in [0.2, 0.25) is 0 Å². The molecule has 0 unspecified atom stereocenters. The summed E-state index contributed by atoms with van der Waals surface area (Å²) in [5.74, 6) is 0. The zero-order valence-corrected chi connectivity index (χ0v) is 9.41. The van der Waals surface area contributed by atoms with Crippen molar-refractivity contribution < 1.29 is 63.7 Å². The fourth-order valence-corrected chi connectivity index (χ4v) is 0.687. The first-order valence-electron chi connectivity index (χ1n) is 2.58. The van der Waals surface area contributed by atoms with E-state index in [1.807, 2.05) is 0 Å². The van der Waals surface area contributed by atoms with Gasteiger partial charge in [0.25, 0.3) is 0 Å². The van der Waals surface area contributed by atoms with Gasteiger partial charge in [-0.2, -0.15) is 0 Å². The largest absolute Gasteiger partial charge is 3.00 e. The van der Waals surface area contributed by atoms with E-state index in [-0.39, 0.29) is 58.9 Å². The van der Waals surface area contributed by atoms with Gasteiger partial charge in [0.1, 0.15) is 0 Å². The Hall–Kier alpha value is 1.54. The molecule has 1 saturated heterocycles. The van der Waals surface area contributed by atoms with E-state index in [0.717, 1.165) is 13.2 Å². The molecule has 61 valence electrons. The molecule has 0 saturated carbocycles. The van der Waals surface area contributed by atoms with Crippen LogP contribution in [0, 0.1) is 0 Å². The Morgan fingerprint density at radius 1 is 0.700 bits per heavy atom. The summed E-state index contributed by atoms with van der Waals surface area (Å²) in [5.41, 5.74) is 0. The van der Waals surface area contributed by atoms with E-state index in [4.69, 9.17) is 4.74 Å². The SMILES string of the molecule is C1CCOCC1.[Cl-].[Cl-].[Cl-].[Ti+3]. The maximum absolute atomic E-state index is 5.07. The normalized spacial score (nSPS) is 14.4. The topological polar surface area (TPSA) is 9.23 Å². The molecule has 0 bridgehead atoms. The average Bonchev–Trinajstić information content (AvgIpc) is 1.72. The molecule has 1 heterocycles. The number of rotatable bonds is 0. The standard InChI is InChI=1S/C5H10O.3ClH.Ti/c1-2-4-6-5-3-1;;;;/h1-5H2;3*1H;/q;;;;+3/p-3. The van der Waals surface area contributed by atoms with Crippen molar-refractivity contribution in [2.75, 3.05) is 13.2 Å². The Morgan fingerprint density at radius 3 is 1.20 bits per heavy atom. The molecule has 0 spiro atoms. The first kappa shape index (κ1) is 22.6. The van der Waals surface area contributed by atoms with Gasteiger partial charge < -0.3 is 42.0 Å². The molecule has 1 nitrogen and oxygen atoms in total. The van der Waals surface area contributed by atoms with Gasteiger partial charge in [-0.1, -0.05) is 0 Å². The third kappa shape index (κ3) is 12.2.